The maximum Gasteiger partial charge on any atom is 0.191 e. The van der Waals surface area contributed by atoms with E-state index in [-0.39, 0.29) is 5.60 Å². The minimum absolute atomic E-state index is 0.259. The zero-order valence-electron chi connectivity index (χ0n) is 18.6. The van der Waals surface area contributed by atoms with Gasteiger partial charge in [0.25, 0.3) is 0 Å². The summed E-state index contributed by atoms with van der Waals surface area (Å²) in [4.78, 5) is 6.58. The lowest BCUT2D eigenvalue weighted by molar-refractivity contribution is 0.0268. The molecule has 0 saturated heterocycles. The molecule has 0 fully saturated rings. The van der Waals surface area contributed by atoms with E-state index in [0.717, 1.165) is 42.7 Å². The number of hydrogen-bond acceptors (Lipinski definition) is 5. The summed E-state index contributed by atoms with van der Waals surface area (Å²) in [6, 6.07) is 5.99. The van der Waals surface area contributed by atoms with E-state index < -0.39 is 0 Å². The Labute approximate surface area is 170 Å². The molecule has 0 aromatic heterocycles. The number of likely N-dealkylation sites (N-methyl/N-ethyl adjacent to an activating group) is 1. The topological polar surface area (TPSA) is 67.4 Å². The van der Waals surface area contributed by atoms with Crippen molar-refractivity contribution >= 4 is 5.96 Å². The van der Waals surface area contributed by atoms with Crippen molar-refractivity contribution in [1.82, 2.24) is 15.5 Å². The third-order valence-electron chi connectivity index (χ3n) is 4.71. The van der Waals surface area contributed by atoms with Gasteiger partial charge in [0.15, 0.2) is 17.5 Å². The van der Waals surface area contributed by atoms with Crippen LogP contribution in [0, 0.1) is 0 Å². The monoisotopic (exact) mass is 394 g/mol. The predicted octanol–water partition coefficient (Wildman–Crippen LogP) is 2.51. The van der Waals surface area contributed by atoms with Crippen LogP contribution in [0.1, 0.15) is 33.3 Å². The summed E-state index contributed by atoms with van der Waals surface area (Å²) in [7, 11) is 5.12. The van der Waals surface area contributed by atoms with E-state index in [1.807, 2.05) is 32.0 Å². The Morgan fingerprint density at radius 1 is 1.11 bits per heavy atom. The average Bonchev–Trinajstić information content (AvgIpc) is 2.71. The number of benzene rings is 1. The van der Waals surface area contributed by atoms with Crippen LogP contribution in [-0.2, 0) is 11.3 Å². The second-order valence-electron chi connectivity index (χ2n) is 7.10. The molecule has 0 radical (unpaired) electrons. The van der Waals surface area contributed by atoms with Crippen molar-refractivity contribution < 1.29 is 14.2 Å². The van der Waals surface area contributed by atoms with Gasteiger partial charge in [0.2, 0.25) is 0 Å². The molecule has 0 bridgehead atoms. The molecule has 28 heavy (non-hydrogen) atoms. The van der Waals surface area contributed by atoms with Gasteiger partial charge in [-0.15, -0.1) is 0 Å². The molecular formula is C21H38N4O3. The maximum atomic E-state index is 5.92. The van der Waals surface area contributed by atoms with Gasteiger partial charge in [0.05, 0.1) is 12.7 Å². The summed E-state index contributed by atoms with van der Waals surface area (Å²) in [5, 5.41) is 6.58. The van der Waals surface area contributed by atoms with Crippen molar-refractivity contribution in [2.24, 2.45) is 4.99 Å². The Balaban J connectivity index is 2.60. The molecular weight excluding hydrogens is 356 g/mol. The van der Waals surface area contributed by atoms with E-state index in [2.05, 4.69) is 34.4 Å². The molecule has 7 nitrogen and oxygen atoms in total. The van der Waals surface area contributed by atoms with Crippen LogP contribution in [0.15, 0.2) is 23.2 Å². The van der Waals surface area contributed by atoms with Gasteiger partial charge in [0, 0.05) is 33.8 Å². The zero-order chi connectivity index (χ0) is 21.0. The standard InChI is InChI=1S/C21H38N4O3/c1-8-25(9-2)12-13-28-18-11-10-17(14-19(18)26-6)15-23-20(22-5)24-16-21(3,4)27-7/h10-11,14H,8-9,12-13,15-16H2,1-7H3,(H2,22,23,24). The Bertz CT molecular complexity index is 601. The molecule has 0 spiro atoms. The summed E-state index contributed by atoms with van der Waals surface area (Å²) in [6.45, 7) is 13.2. The highest BCUT2D eigenvalue weighted by Crippen LogP contribution is 2.28. The first-order valence-electron chi connectivity index (χ1n) is 9.90. The minimum atomic E-state index is -0.259. The number of guanidine groups is 1. The molecule has 2 N–H and O–H groups in total. The maximum absolute atomic E-state index is 5.92. The lowest BCUT2D eigenvalue weighted by Crippen LogP contribution is -2.45. The number of aliphatic imine (C=N–C) groups is 1. The minimum Gasteiger partial charge on any atom is -0.493 e. The molecule has 0 saturated carbocycles. The smallest absolute Gasteiger partial charge is 0.191 e. The highest BCUT2D eigenvalue weighted by Gasteiger charge is 2.16. The molecule has 1 aromatic rings. The first kappa shape index (κ1) is 24.0. The quantitative estimate of drug-likeness (QED) is 0.419. The summed E-state index contributed by atoms with van der Waals surface area (Å²) in [5.41, 5.74) is 0.826. The third kappa shape index (κ3) is 8.35. The first-order valence-corrected chi connectivity index (χ1v) is 9.90. The van der Waals surface area contributed by atoms with E-state index >= 15 is 0 Å². The van der Waals surface area contributed by atoms with Gasteiger partial charge in [-0.2, -0.15) is 0 Å². The fourth-order valence-corrected chi connectivity index (χ4v) is 2.54. The lowest BCUT2D eigenvalue weighted by Gasteiger charge is -2.24. The fourth-order valence-electron chi connectivity index (χ4n) is 2.54. The van der Waals surface area contributed by atoms with Crippen LogP contribution in [0.3, 0.4) is 0 Å². The highest BCUT2D eigenvalue weighted by atomic mass is 16.5. The van der Waals surface area contributed by atoms with Gasteiger partial charge in [-0.3, -0.25) is 4.99 Å². The molecule has 1 rings (SSSR count). The van der Waals surface area contributed by atoms with Gasteiger partial charge < -0.3 is 29.7 Å². The fraction of sp³-hybridized carbons (Fsp3) is 0.667. The van der Waals surface area contributed by atoms with Crippen LogP contribution in [0.5, 0.6) is 11.5 Å². The molecule has 0 aliphatic heterocycles. The van der Waals surface area contributed by atoms with Crippen molar-refractivity contribution in [2.75, 3.05) is 54.1 Å². The van der Waals surface area contributed by atoms with E-state index in [9.17, 15) is 0 Å². The molecule has 0 heterocycles. The summed E-state index contributed by atoms with van der Waals surface area (Å²) in [6.07, 6.45) is 0. The van der Waals surface area contributed by atoms with Gasteiger partial charge in [-0.25, -0.2) is 0 Å². The van der Waals surface area contributed by atoms with Crippen molar-refractivity contribution in [3.8, 4) is 11.5 Å². The molecule has 160 valence electrons. The first-order chi connectivity index (χ1) is 13.4. The number of hydrogen-bond donors (Lipinski definition) is 2. The summed E-state index contributed by atoms with van der Waals surface area (Å²) < 4.78 is 16.8. The number of nitrogens with one attached hydrogen (secondary N) is 2. The van der Waals surface area contributed by atoms with Crippen LogP contribution in [0.2, 0.25) is 0 Å². The second-order valence-corrected chi connectivity index (χ2v) is 7.10. The van der Waals surface area contributed by atoms with Crippen LogP contribution in [-0.4, -0.2) is 70.5 Å². The SMILES string of the molecule is CCN(CC)CCOc1ccc(CNC(=NC)NCC(C)(C)OC)cc1OC. The number of nitrogens with zero attached hydrogens (tertiary/aromatic N) is 2. The predicted molar refractivity (Wildman–Crippen MR) is 116 cm³/mol. The summed E-state index contributed by atoms with van der Waals surface area (Å²) in [5.74, 6) is 2.23. The van der Waals surface area contributed by atoms with E-state index in [0.29, 0.717) is 19.7 Å². The van der Waals surface area contributed by atoms with Gasteiger partial charge in [-0.05, 0) is 44.6 Å². The van der Waals surface area contributed by atoms with Gasteiger partial charge in [-0.1, -0.05) is 19.9 Å². The van der Waals surface area contributed by atoms with Crippen molar-refractivity contribution in [1.29, 1.82) is 0 Å². The normalized spacial score (nSPS) is 12.2. The molecule has 0 atom stereocenters. The Hall–Kier alpha value is -1.99. The lowest BCUT2D eigenvalue weighted by atomic mass is 10.1. The van der Waals surface area contributed by atoms with E-state index in [4.69, 9.17) is 14.2 Å². The Morgan fingerprint density at radius 2 is 1.82 bits per heavy atom. The van der Waals surface area contributed by atoms with Gasteiger partial charge in [0.1, 0.15) is 6.61 Å². The number of rotatable bonds is 12. The molecule has 0 aliphatic rings. The molecule has 0 aliphatic carbocycles. The van der Waals surface area contributed by atoms with Crippen LogP contribution >= 0.6 is 0 Å². The molecule has 0 amide bonds. The molecule has 7 heteroatoms. The van der Waals surface area contributed by atoms with Gasteiger partial charge >= 0.3 is 0 Å². The Morgan fingerprint density at radius 3 is 2.39 bits per heavy atom. The number of methoxy groups -OCH3 is 2. The number of ether oxygens (including phenoxy) is 3. The van der Waals surface area contributed by atoms with Crippen molar-refractivity contribution in [3.63, 3.8) is 0 Å². The highest BCUT2D eigenvalue weighted by molar-refractivity contribution is 5.79. The van der Waals surface area contributed by atoms with Crippen molar-refractivity contribution in [3.05, 3.63) is 23.8 Å². The van der Waals surface area contributed by atoms with E-state index in [1.165, 1.54) is 0 Å². The largest absolute Gasteiger partial charge is 0.493 e. The van der Waals surface area contributed by atoms with E-state index in [1.54, 1.807) is 21.3 Å². The third-order valence-corrected chi connectivity index (χ3v) is 4.71. The van der Waals surface area contributed by atoms with Crippen LogP contribution in [0.25, 0.3) is 0 Å². The Kier molecular flexibility index (Phi) is 10.7. The van der Waals surface area contributed by atoms with Crippen LogP contribution < -0.4 is 20.1 Å². The van der Waals surface area contributed by atoms with Crippen LogP contribution in [0.4, 0.5) is 0 Å². The average molecular weight is 395 g/mol. The molecule has 0 unspecified atom stereocenters. The van der Waals surface area contributed by atoms with Crippen molar-refractivity contribution in [2.45, 2.75) is 39.8 Å². The zero-order valence-corrected chi connectivity index (χ0v) is 18.6. The molecule has 1 aromatic carbocycles. The summed E-state index contributed by atoms with van der Waals surface area (Å²) >= 11 is 0. The second kappa shape index (κ2) is 12.5.